The van der Waals surface area contributed by atoms with E-state index in [2.05, 4.69) is 53.3 Å². The van der Waals surface area contributed by atoms with Crippen LogP contribution >= 0.6 is 15.9 Å². The highest BCUT2D eigenvalue weighted by atomic mass is 79.9. The van der Waals surface area contributed by atoms with Crippen molar-refractivity contribution in [3.05, 3.63) is 28.2 Å². The molecule has 0 atom stereocenters. The molecule has 0 radical (unpaired) electrons. The van der Waals surface area contributed by atoms with E-state index in [1.165, 1.54) is 11.3 Å². The Morgan fingerprint density at radius 3 is 2.67 bits per heavy atom. The molecular formula is C12H16BrNO. The molecule has 1 aliphatic rings. The van der Waals surface area contributed by atoms with Gasteiger partial charge < -0.3 is 10.1 Å². The first kappa shape index (κ1) is 11.0. The van der Waals surface area contributed by atoms with Gasteiger partial charge in [0.15, 0.2) is 0 Å². The van der Waals surface area contributed by atoms with Crippen molar-refractivity contribution in [2.24, 2.45) is 5.41 Å². The van der Waals surface area contributed by atoms with Crippen LogP contribution in [-0.4, -0.2) is 19.8 Å². The van der Waals surface area contributed by atoms with E-state index in [0.29, 0.717) is 5.41 Å². The summed E-state index contributed by atoms with van der Waals surface area (Å²) in [6, 6.07) is 6.38. The number of hydrogen-bond acceptors (Lipinski definition) is 2. The number of ether oxygens (including phenoxy) is 1. The molecule has 0 bridgehead atoms. The number of hydrogen-bond donors (Lipinski definition) is 1. The fourth-order valence-electron chi connectivity index (χ4n) is 1.71. The van der Waals surface area contributed by atoms with Gasteiger partial charge in [-0.3, -0.25) is 0 Å². The van der Waals surface area contributed by atoms with Gasteiger partial charge in [0.05, 0.1) is 13.2 Å². The zero-order valence-electron chi connectivity index (χ0n) is 9.14. The number of benzene rings is 1. The lowest BCUT2D eigenvalue weighted by atomic mass is 9.88. The van der Waals surface area contributed by atoms with Crippen molar-refractivity contribution >= 4 is 21.6 Å². The molecule has 0 saturated carbocycles. The van der Waals surface area contributed by atoms with E-state index in [1.54, 1.807) is 0 Å². The molecule has 15 heavy (non-hydrogen) atoms. The van der Waals surface area contributed by atoms with Crippen LogP contribution in [0.25, 0.3) is 0 Å². The second kappa shape index (κ2) is 4.14. The molecule has 0 unspecified atom stereocenters. The van der Waals surface area contributed by atoms with Gasteiger partial charge in [0.1, 0.15) is 0 Å². The zero-order valence-corrected chi connectivity index (χ0v) is 10.7. The Balaban J connectivity index is 1.98. The minimum absolute atomic E-state index is 0.316. The largest absolute Gasteiger partial charge is 0.384 e. The lowest BCUT2D eigenvalue weighted by Crippen LogP contribution is -2.45. The average Bonchev–Trinajstić information content (AvgIpc) is 2.10. The molecule has 2 nitrogen and oxygen atoms in total. The fraction of sp³-hybridized carbons (Fsp3) is 0.500. The second-order valence-corrected chi connectivity index (χ2v) is 5.59. The van der Waals surface area contributed by atoms with Gasteiger partial charge >= 0.3 is 0 Å². The van der Waals surface area contributed by atoms with Crippen LogP contribution in [-0.2, 0) is 4.74 Å². The number of rotatable bonds is 3. The molecule has 82 valence electrons. The molecule has 1 aliphatic heterocycles. The van der Waals surface area contributed by atoms with Crippen LogP contribution < -0.4 is 5.32 Å². The summed E-state index contributed by atoms with van der Waals surface area (Å²) in [6.07, 6.45) is 0. The normalized spacial score (nSPS) is 18.3. The lowest BCUT2D eigenvalue weighted by molar-refractivity contribution is -0.0924. The van der Waals surface area contributed by atoms with E-state index >= 15 is 0 Å². The Hall–Kier alpha value is -0.540. The van der Waals surface area contributed by atoms with E-state index in [1.807, 2.05) is 0 Å². The number of anilines is 1. The molecule has 0 amide bonds. The smallest absolute Gasteiger partial charge is 0.0559 e. The van der Waals surface area contributed by atoms with Gasteiger partial charge in [0, 0.05) is 22.1 Å². The third kappa shape index (κ3) is 2.73. The van der Waals surface area contributed by atoms with Gasteiger partial charge in [-0.1, -0.05) is 22.9 Å². The molecule has 1 fully saturated rings. The van der Waals surface area contributed by atoms with Gasteiger partial charge in [-0.2, -0.15) is 0 Å². The quantitative estimate of drug-likeness (QED) is 0.910. The van der Waals surface area contributed by atoms with Crippen LogP contribution in [0.5, 0.6) is 0 Å². The molecular weight excluding hydrogens is 254 g/mol. The lowest BCUT2D eigenvalue weighted by Gasteiger charge is -2.38. The Morgan fingerprint density at radius 2 is 2.13 bits per heavy atom. The maximum atomic E-state index is 5.22. The van der Waals surface area contributed by atoms with Crippen molar-refractivity contribution in [1.29, 1.82) is 0 Å². The SMILES string of the molecule is Cc1cc(Br)cc(NCC2(C)COC2)c1. The number of nitrogens with one attached hydrogen (secondary N) is 1. The monoisotopic (exact) mass is 269 g/mol. The van der Waals surface area contributed by atoms with Crippen molar-refractivity contribution < 1.29 is 4.74 Å². The first-order valence-electron chi connectivity index (χ1n) is 5.16. The minimum Gasteiger partial charge on any atom is -0.384 e. The average molecular weight is 270 g/mol. The van der Waals surface area contributed by atoms with Crippen molar-refractivity contribution in [1.82, 2.24) is 0 Å². The van der Waals surface area contributed by atoms with Crippen molar-refractivity contribution in [2.45, 2.75) is 13.8 Å². The standard InChI is InChI=1S/C12H16BrNO/c1-9-3-10(13)5-11(4-9)14-6-12(2)7-15-8-12/h3-5,14H,6-8H2,1-2H3. The summed E-state index contributed by atoms with van der Waals surface area (Å²) in [7, 11) is 0. The van der Waals surface area contributed by atoms with E-state index < -0.39 is 0 Å². The Bertz CT molecular complexity index is 340. The Labute approximate surface area is 99.1 Å². The summed E-state index contributed by atoms with van der Waals surface area (Å²) >= 11 is 3.50. The summed E-state index contributed by atoms with van der Waals surface area (Å²) in [5.41, 5.74) is 2.76. The van der Waals surface area contributed by atoms with E-state index in [0.717, 1.165) is 24.2 Å². The first-order chi connectivity index (χ1) is 7.07. The van der Waals surface area contributed by atoms with Gasteiger partial charge in [0.25, 0.3) is 0 Å². The summed E-state index contributed by atoms with van der Waals surface area (Å²) in [6.45, 7) is 7.06. The van der Waals surface area contributed by atoms with Gasteiger partial charge in [-0.15, -0.1) is 0 Å². The number of halogens is 1. The minimum atomic E-state index is 0.316. The highest BCUT2D eigenvalue weighted by molar-refractivity contribution is 9.10. The third-order valence-corrected chi connectivity index (χ3v) is 3.12. The maximum Gasteiger partial charge on any atom is 0.0559 e. The van der Waals surface area contributed by atoms with Crippen molar-refractivity contribution in [2.75, 3.05) is 25.1 Å². The Morgan fingerprint density at radius 1 is 1.40 bits per heavy atom. The van der Waals surface area contributed by atoms with Gasteiger partial charge in [-0.25, -0.2) is 0 Å². The zero-order chi connectivity index (χ0) is 10.9. The van der Waals surface area contributed by atoms with Crippen LogP contribution in [0.15, 0.2) is 22.7 Å². The highest BCUT2D eigenvalue weighted by Gasteiger charge is 2.32. The Kier molecular flexibility index (Phi) is 3.03. The van der Waals surface area contributed by atoms with E-state index in [4.69, 9.17) is 4.74 Å². The molecule has 1 heterocycles. The van der Waals surface area contributed by atoms with E-state index in [-0.39, 0.29) is 0 Å². The first-order valence-corrected chi connectivity index (χ1v) is 5.96. The molecule has 0 aliphatic carbocycles. The predicted octanol–water partition coefficient (Wildman–Crippen LogP) is 3.21. The summed E-state index contributed by atoms with van der Waals surface area (Å²) < 4.78 is 6.35. The van der Waals surface area contributed by atoms with Crippen LogP contribution in [0.3, 0.4) is 0 Å². The molecule has 1 aromatic carbocycles. The van der Waals surface area contributed by atoms with Crippen LogP contribution in [0.1, 0.15) is 12.5 Å². The third-order valence-electron chi connectivity index (χ3n) is 2.66. The van der Waals surface area contributed by atoms with E-state index in [9.17, 15) is 0 Å². The number of aryl methyl sites for hydroxylation is 1. The second-order valence-electron chi connectivity index (χ2n) is 4.67. The topological polar surface area (TPSA) is 21.3 Å². The van der Waals surface area contributed by atoms with Crippen molar-refractivity contribution in [3.8, 4) is 0 Å². The predicted molar refractivity (Wildman–Crippen MR) is 66.3 cm³/mol. The molecule has 1 N–H and O–H groups in total. The molecule has 3 heteroatoms. The molecule has 1 aromatic rings. The van der Waals surface area contributed by atoms with Crippen LogP contribution in [0.2, 0.25) is 0 Å². The summed E-state index contributed by atoms with van der Waals surface area (Å²) in [5, 5.41) is 3.46. The summed E-state index contributed by atoms with van der Waals surface area (Å²) in [4.78, 5) is 0. The highest BCUT2D eigenvalue weighted by Crippen LogP contribution is 2.27. The maximum absolute atomic E-state index is 5.22. The molecule has 0 spiro atoms. The molecule has 1 saturated heterocycles. The van der Waals surface area contributed by atoms with Crippen molar-refractivity contribution in [3.63, 3.8) is 0 Å². The van der Waals surface area contributed by atoms with Gasteiger partial charge in [0.2, 0.25) is 0 Å². The summed E-state index contributed by atoms with van der Waals surface area (Å²) in [5.74, 6) is 0. The van der Waals surface area contributed by atoms with Crippen LogP contribution in [0.4, 0.5) is 5.69 Å². The molecule has 2 rings (SSSR count). The van der Waals surface area contributed by atoms with Crippen LogP contribution in [0, 0.1) is 12.3 Å². The fourth-order valence-corrected chi connectivity index (χ4v) is 2.31. The molecule has 0 aromatic heterocycles. The van der Waals surface area contributed by atoms with Gasteiger partial charge in [-0.05, 0) is 30.7 Å².